The Morgan fingerprint density at radius 1 is 1.65 bits per heavy atom. The molecule has 8 heteroatoms. The van der Waals surface area contributed by atoms with Crippen molar-refractivity contribution >= 4 is 11.6 Å². The summed E-state index contributed by atoms with van der Waals surface area (Å²) in [6, 6.07) is 0. The van der Waals surface area contributed by atoms with E-state index in [1.165, 1.54) is 6.33 Å². The number of imidazole rings is 1. The van der Waals surface area contributed by atoms with Crippen LogP contribution < -0.4 is 5.32 Å². The maximum absolute atomic E-state index is 10.7. The molecule has 0 aliphatic carbocycles. The van der Waals surface area contributed by atoms with Crippen LogP contribution in [0.5, 0.6) is 0 Å². The molecule has 8 nitrogen and oxygen atoms in total. The van der Waals surface area contributed by atoms with Crippen molar-refractivity contribution in [3.63, 3.8) is 0 Å². The molecule has 1 aromatic rings. The van der Waals surface area contributed by atoms with E-state index in [0.717, 1.165) is 0 Å². The second kappa shape index (κ2) is 6.16. The van der Waals surface area contributed by atoms with Gasteiger partial charge in [-0.1, -0.05) is 0 Å². The minimum atomic E-state index is -0.527. The molecule has 0 aromatic carbocycles. The van der Waals surface area contributed by atoms with Crippen molar-refractivity contribution in [1.29, 1.82) is 0 Å². The number of methoxy groups -OCH3 is 2. The zero-order chi connectivity index (χ0) is 12.8. The first-order valence-corrected chi connectivity index (χ1v) is 5.01. The van der Waals surface area contributed by atoms with Crippen LogP contribution in [-0.4, -0.2) is 47.9 Å². The second-order valence-corrected chi connectivity index (χ2v) is 3.48. The van der Waals surface area contributed by atoms with Gasteiger partial charge in [-0.2, -0.15) is 0 Å². The molecule has 0 saturated heterocycles. The summed E-state index contributed by atoms with van der Waals surface area (Å²) < 4.78 is 11.6. The average molecular weight is 244 g/mol. The van der Waals surface area contributed by atoms with Gasteiger partial charge < -0.3 is 24.9 Å². The Kier molecular flexibility index (Phi) is 4.85. The molecule has 0 spiro atoms. The van der Waals surface area contributed by atoms with Crippen molar-refractivity contribution in [2.45, 2.75) is 6.10 Å². The zero-order valence-corrected chi connectivity index (χ0v) is 10.0. The molecule has 1 rings (SSSR count). The predicted molar refractivity (Wildman–Crippen MR) is 61.0 cm³/mol. The van der Waals surface area contributed by atoms with Crippen molar-refractivity contribution in [3.05, 3.63) is 16.4 Å². The molecule has 1 heterocycles. The number of aromatic nitrogens is 2. The van der Waals surface area contributed by atoms with E-state index >= 15 is 0 Å². The van der Waals surface area contributed by atoms with Crippen LogP contribution in [0.1, 0.15) is 0 Å². The molecule has 1 aromatic heterocycles. The zero-order valence-electron chi connectivity index (χ0n) is 10.0. The van der Waals surface area contributed by atoms with Gasteiger partial charge in [0.05, 0.1) is 12.7 Å². The minimum absolute atomic E-state index is 0.172. The third-order valence-corrected chi connectivity index (χ3v) is 2.27. The van der Waals surface area contributed by atoms with Gasteiger partial charge in [0.2, 0.25) is 12.1 Å². The van der Waals surface area contributed by atoms with Crippen molar-refractivity contribution in [2.24, 2.45) is 7.05 Å². The summed E-state index contributed by atoms with van der Waals surface area (Å²) in [6.45, 7) is 0.819. The van der Waals surface area contributed by atoms with Gasteiger partial charge >= 0.3 is 5.82 Å². The number of hydrogen-bond donors (Lipinski definition) is 1. The lowest BCUT2D eigenvalue weighted by atomic mass is 10.3. The largest absolute Gasteiger partial charge is 0.406 e. The highest BCUT2D eigenvalue weighted by molar-refractivity contribution is 5.51. The highest BCUT2D eigenvalue weighted by Gasteiger charge is 2.20. The fraction of sp³-hybridized carbons (Fsp3) is 0.667. The van der Waals surface area contributed by atoms with E-state index in [9.17, 15) is 10.1 Å². The standard InChI is InChI=1S/C9H16N4O4/c1-12-6-11-9(13(14)15)8(12)10-4-7(17-3)5-16-2/h6-7,10H,4-5H2,1-3H3. The highest BCUT2D eigenvalue weighted by atomic mass is 16.6. The van der Waals surface area contributed by atoms with Crippen molar-refractivity contribution < 1.29 is 14.4 Å². The normalized spacial score (nSPS) is 12.4. The lowest BCUT2D eigenvalue weighted by Gasteiger charge is -2.15. The average Bonchev–Trinajstić information content (AvgIpc) is 2.66. The summed E-state index contributed by atoms with van der Waals surface area (Å²) in [7, 11) is 4.81. The molecule has 17 heavy (non-hydrogen) atoms. The number of ether oxygens (including phenoxy) is 2. The number of nitrogens with one attached hydrogen (secondary N) is 1. The molecule has 0 saturated carbocycles. The fourth-order valence-electron chi connectivity index (χ4n) is 1.36. The summed E-state index contributed by atoms with van der Waals surface area (Å²) in [5, 5.41) is 13.6. The quantitative estimate of drug-likeness (QED) is 0.551. The van der Waals surface area contributed by atoms with Gasteiger partial charge in [-0.05, 0) is 9.91 Å². The van der Waals surface area contributed by atoms with Gasteiger partial charge in [0.15, 0.2) is 0 Å². The van der Waals surface area contributed by atoms with Crippen LogP contribution in [0.3, 0.4) is 0 Å². The van der Waals surface area contributed by atoms with Crippen LogP contribution in [0.25, 0.3) is 0 Å². The van der Waals surface area contributed by atoms with E-state index in [-0.39, 0.29) is 11.9 Å². The molecule has 1 unspecified atom stereocenters. The van der Waals surface area contributed by atoms with Crippen LogP contribution in [-0.2, 0) is 16.5 Å². The lowest BCUT2D eigenvalue weighted by molar-refractivity contribution is -0.388. The smallest absolute Gasteiger partial charge is 0.382 e. The van der Waals surface area contributed by atoms with Gasteiger partial charge in [-0.15, -0.1) is 0 Å². The molecule has 1 N–H and O–H groups in total. The van der Waals surface area contributed by atoms with Crippen LogP contribution in [0, 0.1) is 10.1 Å². The predicted octanol–water partition coefficient (Wildman–Crippen LogP) is 0.402. The van der Waals surface area contributed by atoms with E-state index in [2.05, 4.69) is 10.3 Å². The van der Waals surface area contributed by atoms with E-state index in [1.807, 2.05) is 0 Å². The van der Waals surface area contributed by atoms with E-state index < -0.39 is 4.92 Å². The van der Waals surface area contributed by atoms with Crippen molar-refractivity contribution in [3.8, 4) is 0 Å². The summed E-state index contributed by atoms with van der Waals surface area (Å²) in [6.07, 6.45) is 1.22. The molecule has 96 valence electrons. The Balaban J connectivity index is 2.67. The van der Waals surface area contributed by atoms with Crippen molar-refractivity contribution in [1.82, 2.24) is 9.55 Å². The summed E-state index contributed by atoms with van der Waals surface area (Å²) in [5.41, 5.74) is 0. The van der Waals surface area contributed by atoms with Gasteiger partial charge in [-0.3, -0.25) is 4.57 Å². The van der Waals surface area contributed by atoms with Gasteiger partial charge in [-0.25, -0.2) is 0 Å². The molecule has 1 atom stereocenters. The SMILES string of the molecule is COCC(CNc1c([N+](=O)[O-])ncn1C)OC. The Morgan fingerprint density at radius 2 is 2.35 bits per heavy atom. The van der Waals surface area contributed by atoms with Gasteiger partial charge in [0, 0.05) is 27.8 Å². The van der Waals surface area contributed by atoms with Crippen LogP contribution in [0.2, 0.25) is 0 Å². The third kappa shape index (κ3) is 3.40. The molecular formula is C9H16N4O4. The molecule has 0 amide bonds. The topological polar surface area (TPSA) is 91.5 Å². The molecule has 0 radical (unpaired) electrons. The number of rotatable bonds is 7. The third-order valence-electron chi connectivity index (χ3n) is 2.27. The Bertz CT molecular complexity index is 379. The lowest BCUT2D eigenvalue weighted by Crippen LogP contribution is -2.27. The number of aryl methyl sites for hydroxylation is 1. The molecule has 0 aliphatic heterocycles. The molecular weight excluding hydrogens is 228 g/mol. The van der Waals surface area contributed by atoms with E-state index in [4.69, 9.17) is 9.47 Å². The number of nitrogens with zero attached hydrogens (tertiary/aromatic N) is 3. The first-order valence-electron chi connectivity index (χ1n) is 5.01. The summed E-state index contributed by atoms with van der Waals surface area (Å²) in [4.78, 5) is 13.9. The van der Waals surface area contributed by atoms with Crippen molar-refractivity contribution in [2.75, 3.05) is 32.7 Å². The van der Waals surface area contributed by atoms with E-state index in [1.54, 1.807) is 25.8 Å². The Morgan fingerprint density at radius 3 is 2.88 bits per heavy atom. The first-order chi connectivity index (χ1) is 8.10. The Labute approximate surface area is 98.7 Å². The molecule has 0 bridgehead atoms. The number of hydrogen-bond acceptors (Lipinski definition) is 6. The highest BCUT2D eigenvalue weighted by Crippen LogP contribution is 2.20. The second-order valence-electron chi connectivity index (χ2n) is 3.48. The monoisotopic (exact) mass is 244 g/mol. The maximum Gasteiger partial charge on any atom is 0.406 e. The summed E-state index contributed by atoms with van der Waals surface area (Å²) in [5.74, 6) is 0.160. The van der Waals surface area contributed by atoms with Crippen LogP contribution in [0.4, 0.5) is 11.6 Å². The first kappa shape index (κ1) is 13.4. The van der Waals surface area contributed by atoms with Gasteiger partial charge in [0.25, 0.3) is 0 Å². The molecule has 0 fully saturated rings. The molecule has 0 aliphatic rings. The number of anilines is 1. The fourth-order valence-corrected chi connectivity index (χ4v) is 1.36. The van der Waals surface area contributed by atoms with Gasteiger partial charge in [0.1, 0.15) is 0 Å². The summed E-state index contributed by atoms with van der Waals surface area (Å²) >= 11 is 0. The Hall–Kier alpha value is -1.67. The number of nitro groups is 1. The van der Waals surface area contributed by atoms with Crippen LogP contribution in [0.15, 0.2) is 6.33 Å². The van der Waals surface area contributed by atoms with Crippen LogP contribution >= 0.6 is 0 Å². The maximum atomic E-state index is 10.7. The van der Waals surface area contributed by atoms with E-state index in [0.29, 0.717) is 19.0 Å². The minimum Gasteiger partial charge on any atom is -0.382 e.